The van der Waals surface area contributed by atoms with Crippen LogP contribution in [-0.4, -0.2) is 44.7 Å². The van der Waals surface area contributed by atoms with Gasteiger partial charge in [0, 0.05) is 31.7 Å². The van der Waals surface area contributed by atoms with Gasteiger partial charge in [0.2, 0.25) is 0 Å². The fraction of sp³-hybridized carbons (Fsp3) is 0.409. The zero-order chi connectivity index (χ0) is 19.8. The lowest BCUT2D eigenvalue weighted by Crippen LogP contribution is -2.49. The molecule has 2 aromatic heterocycles. The molecule has 0 bridgehead atoms. The molecule has 6 nitrogen and oxygen atoms in total. The Morgan fingerprint density at radius 2 is 2.04 bits per heavy atom. The second kappa shape index (κ2) is 7.36. The highest BCUT2D eigenvalue weighted by Crippen LogP contribution is 2.30. The van der Waals surface area contributed by atoms with Crippen LogP contribution >= 0.6 is 0 Å². The van der Waals surface area contributed by atoms with Gasteiger partial charge in [-0.15, -0.1) is 0 Å². The third-order valence-electron chi connectivity index (χ3n) is 5.78. The van der Waals surface area contributed by atoms with Crippen molar-refractivity contribution in [2.45, 2.75) is 32.7 Å². The summed E-state index contributed by atoms with van der Waals surface area (Å²) < 4.78 is 1.76. The highest BCUT2D eigenvalue weighted by atomic mass is 16.2. The maximum absolute atomic E-state index is 13.6. The number of fused-ring (bicyclic) bond motifs is 1. The van der Waals surface area contributed by atoms with Crippen molar-refractivity contribution in [2.24, 2.45) is 18.7 Å². The summed E-state index contributed by atoms with van der Waals surface area (Å²) in [5, 5.41) is 5.36. The molecule has 1 aliphatic rings. The van der Waals surface area contributed by atoms with Crippen LogP contribution in [0.4, 0.5) is 0 Å². The van der Waals surface area contributed by atoms with Gasteiger partial charge in [-0.25, -0.2) is 4.98 Å². The number of likely N-dealkylation sites (tertiary alicyclic amines) is 1. The van der Waals surface area contributed by atoms with Crippen molar-refractivity contribution >= 4 is 16.9 Å². The monoisotopic (exact) mass is 377 g/mol. The summed E-state index contributed by atoms with van der Waals surface area (Å²) in [6, 6.07) is 12.0. The van der Waals surface area contributed by atoms with Crippen LogP contribution in [0.5, 0.6) is 0 Å². The Labute approximate surface area is 165 Å². The topological polar surface area (TPSA) is 77.0 Å². The van der Waals surface area contributed by atoms with E-state index in [0.29, 0.717) is 18.0 Å². The van der Waals surface area contributed by atoms with Gasteiger partial charge in [0.05, 0.1) is 22.3 Å². The molecule has 4 rings (SSSR count). The van der Waals surface area contributed by atoms with Crippen molar-refractivity contribution in [3.05, 3.63) is 47.7 Å². The number of carbonyl (C=O) groups is 1. The molecule has 3 aromatic rings. The van der Waals surface area contributed by atoms with Gasteiger partial charge in [0.1, 0.15) is 0 Å². The predicted octanol–water partition coefficient (Wildman–Crippen LogP) is 3.14. The molecule has 6 heteroatoms. The van der Waals surface area contributed by atoms with Crippen LogP contribution in [0.1, 0.15) is 35.8 Å². The van der Waals surface area contributed by atoms with E-state index in [2.05, 4.69) is 12.0 Å². The third-order valence-corrected chi connectivity index (χ3v) is 5.78. The SMILES string of the molecule is Cc1nn(C)c2nc(-c3ccccc3)cc(C(=O)N3CCC(C)CC3CN)c12. The zero-order valence-electron chi connectivity index (χ0n) is 16.7. The highest BCUT2D eigenvalue weighted by Gasteiger charge is 2.31. The van der Waals surface area contributed by atoms with E-state index >= 15 is 0 Å². The van der Waals surface area contributed by atoms with Crippen LogP contribution in [-0.2, 0) is 7.05 Å². The average Bonchev–Trinajstić information content (AvgIpc) is 3.01. The van der Waals surface area contributed by atoms with Crippen LogP contribution < -0.4 is 5.73 Å². The number of hydrogen-bond acceptors (Lipinski definition) is 4. The van der Waals surface area contributed by atoms with Gasteiger partial charge in [0.15, 0.2) is 5.65 Å². The number of amides is 1. The summed E-state index contributed by atoms with van der Waals surface area (Å²) in [5.74, 6) is 0.623. The number of aryl methyl sites for hydroxylation is 2. The Bertz CT molecular complexity index is 1010. The molecule has 1 aromatic carbocycles. The molecule has 0 spiro atoms. The molecule has 1 aliphatic heterocycles. The quantitative estimate of drug-likeness (QED) is 0.761. The molecule has 2 unspecified atom stereocenters. The molecule has 0 aliphatic carbocycles. The third kappa shape index (κ3) is 3.18. The van der Waals surface area contributed by atoms with E-state index < -0.39 is 0 Å². The van der Waals surface area contributed by atoms with Crippen molar-refractivity contribution in [2.75, 3.05) is 13.1 Å². The van der Waals surface area contributed by atoms with Crippen molar-refractivity contribution < 1.29 is 4.79 Å². The summed E-state index contributed by atoms with van der Waals surface area (Å²) >= 11 is 0. The summed E-state index contributed by atoms with van der Waals surface area (Å²) in [5.41, 5.74) is 10.0. The molecule has 2 N–H and O–H groups in total. The van der Waals surface area contributed by atoms with Gasteiger partial charge >= 0.3 is 0 Å². The van der Waals surface area contributed by atoms with Gasteiger partial charge < -0.3 is 10.6 Å². The predicted molar refractivity (Wildman–Crippen MR) is 111 cm³/mol. The van der Waals surface area contributed by atoms with Crippen molar-refractivity contribution in [1.29, 1.82) is 0 Å². The molecule has 1 amide bonds. The van der Waals surface area contributed by atoms with Gasteiger partial charge in [-0.05, 0) is 31.7 Å². The second-order valence-corrected chi connectivity index (χ2v) is 7.85. The molecule has 28 heavy (non-hydrogen) atoms. The maximum atomic E-state index is 13.6. The van der Waals surface area contributed by atoms with E-state index in [-0.39, 0.29) is 11.9 Å². The Morgan fingerprint density at radius 3 is 2.75 bits per heavy atom. The fourth-order valence-electron chi connectivity index (χ4n) is 4.27. The maximum Gasteiger partial charge on any atom is 0.255 e. The first-order chi connectivity index (χ1) is 13.5. The number of nitrogens with zero attached hydrogens (tertiary/aromatic N) is 4. The number of aromatic nitrogens is 3. The Morgan fingerprint density at radius 1 is 1.29 bits per heavy atom. The normalized spacial score (nSPS) is 19.9. The molecule has 1 saturated heterocycles. The minimum absolute atomic E-state index is 0.0306. The molecule has 2 atom stereocenters. The average molecular weight is 377 g/mol. The number of benzene rings is 1. The van der Waals surface area contributed by atoms with Crippen LogP contribution in [0, 0.1) is 12.8 Å². The van der Waals surface area contributed by atoms with E-state index in [1.165, 1.54) is 0 Å². The van der Waals surface area contributed by atoms with Gasteiger partial charge in [-0.3, -0.25) is 9.48 Å². The zero-order valence-corrected chi connectivity index (χ0v) is 16.7. The molecule has 146 valence electrons. The number of pyridine rings is 1. The summed E-state index contributed by atoms with van der Waals surface area (Å²) in [4.78, 5) is 20.4. The van der Waals surface area contributed by atoms with Crippen LogP contribution in [0.2, 0.25) is 0 Å². The number of nitrogens with two attached hydrogens (primary N) is 1. The van der Waals surface area contributed by atoms with Crippen LogP contribution in [0.25, 0.3) is 22.3 Å². The number of hydrogen-bond donors (Lipinski definition) is 1. The number of piperidine rings is 1. The second-order valence-electron chi connectivity index (χ2n) is 7.85. The van der Waals surface area contributed by atoms with Gasteiger partial charge in [0.25, 0.3) is 5.91 Å². The van der Waals surface area contributed by atoms with Crippen LogP contribution in [0.15, 0.2) is 36.4 Å². The van der Waals surface area contributed by atoms with Crippen LogP contribution in [0.3, 0.4) is 0 Å². The minimum atomic E-state index is 0.0306. The smallest absolute Gasteiger partial charge is 0.255 e. The fourth-order valence-corrected chi connectivity index (χ4v) is 4.27. The Kier molecular flexibility index (Phi) is 4.89. The lowest BCUT2D eigenvalue weighted by molar-refractivity contribution is 0.0575. The first kappa shape index (κ1) is 18.6. The molecule has 0 radical (unpaired) electrons. The van der Waals surface area contributed by atoms with E-state index in [1.54, 1.807) is 4.68 Å². The summed E-state index contributed by atoms with van der Waals surface area (Å²) in [6.07, 6.45) is 1.96. The van der Waals surface area contributed by atoms with Gasteiger partial charge in [-0.2, -0.15) is 5.10 Å². The largest absolute Gasteiger partial charge is 0.334 e. The Hall–Kier alpha value is -2.73. The lowest BCUT2D eigenvalue weighted by atomic mass is 9.91. The molecule has 1 fully saturated rings. The summed E-state index contributed by atoms with van der Waals surface area (Å²) in [6.45, 7) is 5.39. The minimum Gasteiger partial charge on any atom is -0.334 e. The van der Waals surface area contributed by atoms with E-state index in [9.17, 15) is 4.79 Å². The standard InChI is InChI=1S/C22H27N5O/c1-14-9-10-27(17(11-14)13-23)22(28)18-12-19(16-7-5-4-6-8-16)24-21-20(18)15(2)25-26(21)3/h4-8,12,14,17H,9-11,13,23H2,1-3H3. The van der Waals surface area contributed by atoms with Gasteiger partial charge in [-0.1, -0.05) is 37.3 Å². The Balaban J connectivity index is 1.86. The van der Waals surface area contributed by atoms with E-state index in [4.69, 9.17) is 10.7 Å². The molecular formula is C22H27N5O. The molecule has 3 heterocycles. The molecule has 0 saturated carbocycles. The summed E-state index contributed by atoms with van der Waals surface area (Å²) in [7, 11) is 1.87. The van der Waals surface area contributed by atoms with E-state index in [1.807, 2.05) is 55.3 Å². The lowest BCUT2D eigenvalue weighted by Gasteiger charge is -2.38. The van der Waals surface area contributed by atoms with E-state index in [0.717, 1.165) is 47.4 Å². The first-order valence-corrected chi connectivity index (χ1v) is 9.90. The highest BCUT2D eigenvalue weighted by molar-refractivity contribution is 6.07. The number of rotatable bonds is 3. The van der Waals surface area contributed by atoms with Crippen molar-refractivity contribution in [3.63, 3.8) is 0 Å². The number of carbonyl (C=O) groups excluding carboxylic acids is 1. The van der Waals surface area contributed by atoms with Crippen molar-refractivity contribution in [1.82, 2.24) is 19.7 Å². The first-order valence-electron chi connectivity index (χ1n) is 9.90. The molecular weight excluding hydrogens is 350 g/mol. The van der Waals surface area contributed by atoms with Crippen molar-refractivity contribution in [3.8, 4) is 11.3 Å².